The van der Waals surface area contributed by atoms with E-state index >= 15 is 0 Å². The molecule has 1 aliphatic rings. The maximum atomic E-state index is 6.43. The highest BCUT2D eigenvalue weighted by atomic mass is 35.5. The molecule has 0 fully saturated rings. The Kier molecular flexibility index (Phi) is 5.44. The fourth-order valence-electron chi connectivity index (χ4n) is 2.72. The summed E-state index contributed by atoms with van der Waals surface area (Å²) in [5, 5.41) is 7.82. The Morgan fingerprint density at radius 2 is 1.93 bits per heavy atom. The second-order valence-corrected chi connectivity index (χ2v) is 8.10. The molecule has 0 bridgehead atoms. The molecular weight excluding hydrogens is 417 g/mol. The minimum atomic E-state index is 0.138. The lowest BCUT2D eigenvalue weighted by Gasteiger charge is -2.07. The molecule has 144 valence electrons. The largest absolute Gasteiger partial charge is 0.454 e. The third-order valence-corrected chi connectivity index (χ3v) is 5.36. The van der Waals surface area contributed by atoms with Gasteiger partial charge >= 0.3 is 0 Å². The molecule has 0 spiro atoms. The minimum Gasteiger partial charge on any atom is -0.454 e. The average Bonchev–Trinajstić information content (AvgIpc) is 3.26. The Morgan fingerprint density at radius 1 is 1.11 bits per heavy atom. The average molecular weight is 434 g/mol. The summed E-state index contributed by atoms with van der Waals surface area (Å²) in [6.45, 7) is 4.30. The molecule has 0 atom stereocenters. The molecule has 1 aromatic heterocycles. The summed E-state index contributed by atoms with van der Waals surface area (Å²) >= 11 is 14.0. The second kappa shape index (κ2) is 7.99. The standard InChI is InChI=1S/C20H17Cl2N3O2S/c1-12(2)24-20-25(17(10-28-20)15-5-4-14(21)8-16(15)22)23-9-13-3-6-18-19(7-13)27-11-26-18/h3-10,12H,11H2,1-2H3. The predicted molar refractivity (Wildman–Crippen MR) is 114 cm³/mol. The Balaban J connectivity index is 1.79. The van der Waals surface area contributed by atoms with E-state index in [4.69, 9.17) is 32.7 Å². The molecule has 0 saturated carbocycles. The van der Waals surface area contributed by atoms with Crippen molar-refractivity contribution in [3.8, 4) is 22.8 Å². The van der Waals surface area contributed by atoms with Gasteiger partial charge in [-0.25, -0.2) is 4.68 Å². The summed E-state index contributed by atoms with van der Waals surface area (Å²) < 4.78 is 12.6. The molecule has 0 amide bonds. The van der Waals surface area contributed by atoms with Crippen LogP contribution in [-0.4, -0.2) is 23.7 Å². The summed E-state index contributed by atoms with van der Waals surface area (Å²) in [6, 6.07) is 11.3. The number of nitrogens with zero attached hydrogens (tertiary/aromatic N) is 3. The van der Waals surface area contributed by atoms with Gasteiger partial charge in [0.1, 0.15) is 0 Å². The summed E-state index contributed by atoms with van der Waals surface area (Å²) in [5.41, 5.74) is 2.59. The molecule has 0 N–H and O–H groups in total. The summed E-state index contributed by atoms with van der Waals surface area (Å²) in [7, 11) is 0. The fraction of sp³-hybridized carbons (Fsp3) is 0.200. The van der Waals surface area contributed by atoms with E-state index in [0.29, 0.717) is 15.8 Å². The fourth-order valence-corrected chi connectivity index (χ4v) is 4.19. The number of aromatic nitrogens is 1. The van der Waals surface area contributed by atoms with Crippen molar-refractivity contribution in [1.82, 2.24) is 4.68 Å². The van der Waals surface area contributed by atoms with Crippen molar-refractivity contribution in [2.45, 2.75) is 19.9 Å². The van der Waals surface area contributed by atoms with E-state index in [1.54, 1.807) is 17.0 Å². The Labute approximate surface area is 176 Å². The first kappa shape index (κ1) is 19.1. The highest BCUT2D eigenvalue weighted by Gasteiger charge is 2.14. The van der Waals surface area contributed by atoms with Gasteiger partial charge in [0.25, 0.3) is 0 Å². The highest BCUT2D eigenvalue weighted by Crippen LogP contribution is 2.33. The van der Waals surface area contributed by atoms with E-state index in [1.165, 1.54) is 11.3 Å². The van der Waals surface area contributed by atoms with Crippen LogP contribution in [0.25, 0.3) is 11.3 Å². The smallest absolute Gasteiger partial charge is 0.231 e. The first-order valence-corrected chi connectivity index (χ1v) is 10.3. The van der Waals surface area contributed by atoms with Crippen LogP contribution < -0.4 is 14.3 Å². The lowest BCUT2D eigenvalue weighted by molar-refractivity contribution is 0.174. The van der Waals surface area contributed by atoms with Crippen molar-refractivity contribution in [2.75, 3.05) is 6.79 Å². The maximum absolute atomic E-state index is 6.43. The molecule has 4 rings (SSSR count). The van der Waals surface area contributed by atoms with Crippen LogP contribution in [0.5, 0.6) is 11.5 Å². The van der Waals surface area contributed by atoms with Gasteiger partial charge in [0.15, 0.2) is 11.5 Å². The van der Waals surface area contributed by atoms with Gasteiger partial charge in [0.2, 0.25) is 11.6 Å². The molecule has 0 aliphatic carbocycles. The van der Waals surface area contributed by atoms with Crippen molar-refractivity contribution >= 4 is 40.8 Å². The molecule has 1 aliphatic heterocycles. The number of hydrogen-bond acceptors (Lipinski definition) is 5. The topological polar surface area (TPSA) is 48.1 Å². The van der Waals surface area contributed by atoms with Gasteiger partial charge in [-0.05, 0) is 55.8 Å². The lowest BCUT2D eigenvalue weighted by atomic mass is 10.2. The zero-order valence-electron chi connectivity index (χ0n) is 15.2. The SMILES string of the molecule is CC(C)N=c1scc(-c2ccc(Cl)cc2Cl)n1N=Cc1ccc2c(c1)OCO2. The Hall–Kier alpha value is -2.28. The van der Waals surface area contributed by atoms with Crippen LogP contribution in [0, 0.1) is 0 Å². The third kappa shape index (κ3) is 3.94. The quantitative estimate of drug-likeness (QED) is 0.513. The van der Waals surface area contributed by atoms with E-state index in [1.807, 2.05) is 49.6 Å². The molecule has 0 saturated heterocycles. The van der Waals surface area contributed by atoms with E-state index in [9.17, 15) is 0 Å². The number of halogens is 2. The molecule has 5 nitrogen and oxygen atoms in total. The maximum Gasteiger partial charge on any atom is 0.231 e. The predicted octanol–water partition coefficient (Wildman–Crippen LogP) is 5.44. The van der Waals surface area contributed by atoms with E-state index in [2.05, 4.69) is 10.1 Å². The van der Waals surface area contributed by atoms with Gasteiger partial charge in [-0.1, -0.05) is 23.2 Å². The number of thiazole rings is 1. The number of hydrogen-bond donors (Lipinski definition) is 0. The van der Waals surface area contributed by atoms with E-state index in [-0.39, 0.29) is 12.8 Å². The van der Waals surface area contributed by atoms with Crippen LogP contribution in [0.15, 0.2) is 51.9 Å². The number of rotatable bonds is 4. The first-order valence-electron chi connectivity index (χ1n) is 8.65. The molecule has 0 radical (unpaired) electrons. The van der Waals surface area contributed by atoms with Crippen molar-refractivity contribution in [2.24, 2.45) is 10.1 Å². The zero-order chi connectivity index (χ0) is 19.7. The normalized spacial score (nSPS) is 13.8. The third-order valence-electron chi connectivity index (χ3n) is 3.98. The van der Waals surface area contributed by atoms with Gasteiger partial charge in [-0.15, -0.1) is 11.3 Å². The van der Waals surface area contributed by atoms with Crippen molar-refractivity contribution in [1.29, 1.82) is 0 Å². The van der Waals surface area contributed by atoms with Crippen LogP contribution in [-0.2, 0) is 0 Å². The van der Waals surface area contributed by atoms with Crippen LogP contribution in [0.2, 0.25) is 10.0 Å². The lowest BCUT2D eigenvalue weighted by Crippen LogP contribution is -2.14. The Bertz CT molecular complexity index is 1120. The van der Waals surface area contributed by atoms with E-state index < -0.39 is 0 Å². The molecule has 28 heavy (non-hydrogen) atoms. The summed E-state index contributed by atoms with van der Waals surface area (Å²) in [4.78, 5) is 5.46. The van der Waals surface area contributed by atoms with Crippen LogP contribution in [0.3, 0.4) is 0 Å². The molecular formula is C20H17Cl2N3O2S. The monoisotopic (exact) mass is 433 g/mol. The summed E-state index contributed by atoms with van der Waals surface area (Å²) in [6.07, 6.45) is 1.77. The highest BCUT2D eigenvalue weighted by molar-refractivity contribution is 7.07. The van der Waals surface area contributed by atoms with Crippen molar-refractivity contribution in [3.63, 3.8) is 0 Å². The van der Waals surface area contributed by atoms with Gasteiger partial charge in [-0.2, -0.15) is 5.10 Å². The molecule has 2 aromatic carbocycles. The molecule has 3 aromatic rings. The number of fused-ring (bicyclic) bond motifs is 1. The minimum absolute atomic E-state index is 0.138. The van der Waals surface area contributed by atoms with E-state index in [0.717, 1.165) is 27.4 Å². The first-order chi connectivity index (χ1) is 13.5. The molecule has 8 heteroatoms. The summed E-state index contributed by atoms with van der Waals surface area (Å²) in [5.74, 6) is 1.46. The van der Waals surface area contributed by atoms with Crippen LogP contribution in [0.4, 0.5) is 0 Å². The Morgan fingerprint density at radius 3 is 2.71 bits per heavy atom. The number of ether oxygens (including phenoxy) is 2. The van der Waals surface area contributed by atoms with Crippen molar-refractivity contribution < 1.29 is 9.47 Å². The van der Waals surface area contributed by atoms with Gasteiger partial charge < -0.3 is 9.47 Å². The zero-order valence-corrected chi connectivity index (χ0v) is 17.6. The van der Waals surface area contributed by atoms with Crippen molar-refractivity contribution in [3.05, 3.63) is 62.2 Å². The van der Waals surface area contributed by atoms with Crippen LogP contribution in [0.1, 0.15) is 19.4 Å². The van der Waals surface area contributed by atoms with Gasteiger partial charge in [0, 0.05) is 22.0 Å². The van der Waals surface area contributed by atoms with Crippen LogP contribution >= 0.6 is 34.5 Å². The molecule has 2 heterocycles. The second-order valence-electron chi connectivity index (χ2n) is 6.42. The van der Waals surface area contributed by atoms with Gasteiger partial charge in [-0.3, -0.25) is 4.99 Å². The number of benzene rings is 2. The molecule has 0 unspecified atom stereocenters. The van der Waals surface area contributed by atoms with Gasteiger partial charge in [0.05, 0.1) is 16.9 Å².